The molecule has 0 aliphatic rings. The highest BCUT2D eigenvalue weighted by atomic mass is 79.9. The summed E-state index contributed by atoms with van der Waals surface area (Å²) in [5, 5.41) is 14.5. The number of hydrogen-bond donors (Lipinski definition) is 1. The lowest BCUT2D eigenvalue weighted by molar-refractivity contribution is 0.170. The number of aliphatic hydroxyl groups is 1. The van der Waals surface area contributed by atoms with Crippen molar-refractivity contribution in [2.45, 2.75) is 19.6 Å². The van der Waals surface area contributed by atoms with E-state index in [2.05, 4.69) is 26.0 Å². The molecule has 74 valence electrons. The van der Waals surface area contributed by atoms with Gasteiger partial charge in [-0.15, -0.1) is 0 Å². The number of nitrogens with zero attached hydrogens (tertiary/aromatic N) is 3. The van der Waals surface area contributed by atoms with Crippen LogP contribution in [0.25, 0.3) is 10.9 Å². The molecule has 0 bridgehead atoms. The minimum atomic E-state index is -0.404. The third kappa shape index (κ3) is 1.65. The molecule has 2 aromatic heterocycles. The Morgan fingerprint density at radius 2 is 2.43 bits per heavy atom. The summed E-state index contributed by atoms with van der Waals surface area (Å²) >= 11 is 3.35. The van der Waals surface area contributed by atoms with Crippen molar-refractivity contribution in [3.8, 4) is 0 Å². The molecule has 0 aliphatic carbocycles. The summed E-state index contributed by atoms with van der Waals surface area (Å²) in [7, 11) is 0. The van der Waals surface area contributed by atoms with Crippen LogP contribution in [0, 0.1) is 0 Å². The first kappa shape index (κ1) is 9.61. The first-order chi connectivity index (χ1) is 6.68. The zero-order valence-corrected chi connectivity index (χ0v) is 9.27. The molecule has 14 heavy (non-hydrogen) atoms. The second kappa shape index (κ2) is 3.67. The molecular formula is C9H10BrN3O. The zero-order valence-electron chi connectivity index (χ0n) is 7.68. The second-order valence-corrected chi connectivity index (χ2v) is 3.97. The van der Waals surface area contributed by atoms with Crippen molar-refractivity contribution in [2.75, 3.05) is 0 Å². The Balaban J connectivity index is 2.55. The van der Waals surface area contributed by atoms with Gasteiger partial charge in [0.1, 0.15) is 4.60 Å². The molecule has 0 fully saturated rings. The maximum Gasteiger partial charge on any atom is 0.137 e. The molecule has 2 rings (SSSR count). The second-order valence-electron chi connectivity index (χ2n) is 3.21. The molecule has 1 N–H and O–H groups in total. The number of aliphatic hydroxyl groups excluding tert-OH is 1. The largest absolute Gasteiger partial charge is 0.391 e. The van der Waals surface area contributed by atoms with E-state index in [0.29, 0.717) is 6.54 Å². The van der Waals surface area contributed by atoms with E-state index in [4.69, 9.17) is 0 Å². The topological polar surface area (TPSA) is 50.9 Å². The van der Waals surface area contributed by atoms with Crippen LogP contribution in [-0.4, -0.2) is 26.0 Å². The summed E-state index contributed by atoms with van der Waals surface area (Å²) in [4.78, 5) is 4.02. The van der Waals surface area contributed by atoms with Gasteiger partial charge in [-0.3, -0.25) is 9.67 Å². The van der Waals surface area contributed by atoms with E-state index in [-0.39, 0.29) is 0 Å². The summed E-state index contributed by atoms with van der Waals surface area (Å²) < 4.78 is 2.53. The van der Waals surface area contributed by atoms with Gasteiger partial charge in [0.15, 0.2) is 0 Å². The highest BCUT2D eigenvalue weighted by Gasteiger charge is 2.09. The predicted molar refractivity (Wildman–Crippen MR) is 56.9 cm³/mol. The lowest BCUT2D eigenvalue weighted by Crippen LogP contribution is -2.12. The maximum atomic E-state index is 9.28. The minimum absolute atomic E-state index is 0.404. The summed E-state index contributed by atoms with van der Waals surface area (Å²) in [6.07, 6.45) is 3.07. The fourth-order valence-electron chi connectivity index (χ4n) is 1.37. The maximum absolute atomic E-state index is 9.28. The van der Waals surface area contributed by atoms with E-state index in [0.717, 1.165) is 15.5 Å². The molecule has 0 unspecified atom stereocenters. The lowest BCUT2D eigenvalue weighted by atomic mass is 10.3. The molecule has 0 spiro atoms. The molecule has 2 heterocycles. The fraction of sp³-hybridized carbons (Fsp3) is 0.333. The van der Waals surface area contributed by atoms with Gasteiger partial charge in [0.2, 0.25) is 0 Å². The quantitative estimate of drug-likeness (QED) is 0.887. The highest BCUT2D eigenvalue weighted by molar-refractivity contribution is 9.10. The Morgan fingerprint density at radius 1 is 1.64 bits per heavy atom. The Kier molecular flexibility index (Phi) is 2.52. The van der Waals surface area contributed by atoms with Crippen LogP contribution in [0.1, 0.15) is 6.92 Å². The number of fused-ring (bicyclic) bond motifs is 1. The molecule has 4 nitrogen and oxygen atoms in total. The van der Waals surface area contributed by atoms with Crippen molar-refractivity contribution in [1.82, 2.24) is 14.8 Å². The van der Waals surface area contributed by atoms with E-state index in [1.807, 2.05) is 6.07 Å². The number of aromatic nitrogens is 3. The van der Waals surface area contributed by atoms with Crippen molar-refractivity contribution in [3.05, 3.63) is 23.1 Å². The van der Waals surface area contributed by atoms with E-state index in [1.54, 1.807) is 24.0 Å². The van der Waals surface area contributed by atoms with E-state index in [9.17, 15) is 5.11 Å². The number of hydrogen-bond acceptors (Lipinski definition) is 3. The molecule has 0 aromatic carbocycles. The van der Waals surface area contributed by atoms with Crippen LogP contribution in [0.15, 0.2) is 23.1 Å². The van der Waals surface area contributed by atoms with Gasteiger partial charge in [0.05, 0.1) is 23.6 Å². The van der Waals surface area contributed by atoms with Crippen molar-refractivity contribution in [1.29, 1.82) is 0 Å². The monoisotopic (exact) mass is 255 g/mol. The van der Waals surface area contributed by atoms with Gasteiger partial charge in [-0.25, -0.2) is 0 Å². The molecule has 0 saturated heterocycles. The summed E-state index contributed by atoms with van der Waals surface area (Å²) in [6.45, 7) is 2.23. The Hall–Kier alpha value is -0.940. The third-order valence-corrected chi connectivity index (χ3v) is 2.53. The number of pyridine rings is 1. The molecule has 0 amide bonds. The summed E-state index contributed by atoms with van der Waals surface area (Å²) in [6, 6.07) is 1.88. The first-order valence-electron chi connectivity index (χ1n) is 4.32. The van der Waals surface area contributed by atoms with E-state index < -0.39 is 6.10 Å². The van der Waals surface area contributed by atoms with Gasteiger partial charge >= 0.3 is 0 Å². The molecular weight excluding hydrogens is 246 g/mol. The summed E-state index contributed by atoms with van der Waals surface area (Å²) in [5.41, 5.74) is 0.979. The Labute approximate surface area is 89.7 Å². The van der Waals surface area contributed by atoms with Crippen LogP contribution in [0.2, 0.25) is 0 Å². The highest BCUT2D eigenvalue weighted by Crippen LogP contribution is 2.21. The van der Waals surface area contributed by atoms with Gasteiger partial charge in [0, 0.05) is 12.4 Å². The molecule has 2 aromatic rings. The normalized spacial score (nSPS) is 13.4. The first-order valence-corrected chi connectivity index (χ1v) is 5.12. The lowest BCUT2D eigenvalue weighted by Gasteiger charge is -2.04. The Morgan fingerprint density at radius 3 is 3.14 bits per heavy atom. The molecule has 5 heteroatoms. The van der Waals surface area contributed by atoms with Crippen molar-refractivity contribution in [2.24, 2.45) is 0 Å². The van der Waals surface area contributed by atoms with Crippen LogP contribution in [-0.2, 0) is 6.54 Å². The zero-order chi connectivity index (χ0) is 10.1. The molecule has 0 radical (unpaired) electrons. The van der Waals surface area contributed by atoms with Gasteiger partial charge in [0.25, 0.3) is 0 Å². The Bertz CT molecular complexity index is 452. The average Bonchev–Trinajstić information content (AvgIpc) is 2.44. The molecule has 1 atom stereocenters. The SMILES string of the molecule is C[C@H](O)Cn1nc(Br)c2cnccc21. The average molecular weight is 256 g/mol. The smallest absolute Gasteiger partial charge is 0.137 e. The van der Waals surface area contributed by atoms with E-state index in [1.165, 1.54) is 0 Å². The van der Waals surface area contributed by atoms with Gasteiger partial charge in [-0.05, 0) is 28.9 Å². The van der Waals surface area contributed by atoms with Gasteiger partial charge in [-0.2, -0.15) is 5.10 Å². The van der Waals surface area contributed by atoms with E-state index >= 15 is 0 Å². The van der Waals surface area contributed by atoms with Crippen LogP contribution in [0.4, 0.5) is 0 Å². The van der Waals surface area contributed by atoms with Crippen LogP contribution >= 0.6 is 15.9 Å². The van der Waals surface area contributed by atoms with Gasteiger partial charge < -0.3 is 5.11 Å². The minimum Gasteiger partial charge on any atom is -0.391 e. The van der Waals surface area contributed by atoms with Crippen LogP contribution in [0.5, 0.6) is 0 Å². The van der Waals surface area contributed by atoms with Crippen molar-refractivity contribution >= 4 is 26.8 Å². The molecule has 0 saturated carbocycles. The number of halogens is 1. The number of rotatable bonds is 2. The van der Waals surface area contributed by atoms with Crippen LogP contribution in [0.3, 0.4) is 0 Å². The predicted octanol–water partition coefficient (Wildman–Crippen LogP) is 1.57. The summed E-state index contributed by atoms with van der Waals surface area (Å²) in [5.74, 6) is 0. The third-order valence-electron chi connectivity index (χ3n) is 1.94. The van der Waals surface area contributed by atoms with Gasteiger partial charge in [-0.1, -0.05) is 0 Å². The van der Waals surface area contributed by atoms with Crippen molar-refractivity contribution < 1.29 is 5.11 Å². The fourth-order valence-corrected chi connectivity index (χ4v) is 1.87. The van der Waals surface area contributed by atoms with Crippen molar-refractivity contribution in [3.63, 3.8) is 0 Å². The van der Waals surface area contributed by atoms with Crippen LogP contribution < -0.4 is 0 Å². The standard InChI is InChI=1S/C9H10BrN3O/c1-6(14)5-13-8-2-3-11-4-7(8)9(10)12-13/h2-4,6,14H,5H2,1H3/t6-/m0/s1. The molecule has 0 aliphatic heterocycles.